The molecular weight excluding hydrogens is 352 g/mol. The van der Waals surface area contributed by atoms with E-state index in [4.69, 9.17) is 26.4 Å². The SMILES string of the molecule is COc1cccc(NC(=S)NC(=O)/C=C/c2ccc(OC)c(OC)c2)c1. The number of hydrogen-bond acceptors (Lipinski definition) is 5. The van der Waals surface area contributed by atoms with E-state index >= 15 is 0 Å². The highest BCUT2D eigenvalue weighted by Gasteiger charge is 2.05. The summed E-state index contributed by atoms with van der Waals surface area (Å²) in [6.45, 7) is 0. The van der Waals surface area contributed by atoms with Crippen molar-refractivity contribution in [3.8, 4) is 17.2 Å². The molecule has 0 radical (unpaired) electrons. The molecule has 0 aliphatic heterocycles. The lowest BCUT2D eigenvalue weighted by Crippen LogP contribution is -2.32. The molecule has 2 rings (SSSR count). The van der Waals surface area contributed by atoms with E-state index in [1.54, 1.807) is 45.6 Å². The lowest BCUT2D eigenvalue weighted by atomic mass is 10.2. The molecule has 0 spiro atoms. The van der Waals surface area contributed by atoms with Gasteiger partial charge in [0.25, 0.3) is 0 Å². The molecule has 0 heterocycles. The number of rotatable bonds is 6. The van der Waals surface area contributed by atoms with Crippen molar-refractivity contribution in [1.82, 2.24) is 5.32 Å². The zero-order chi connectivity index (χ0) is 18.9. The molecule has 2 aromatic carbocycles. The van der Waals surface area contributed by atoms with E-state index in [0.717, 1.165) is 11.3 Å². The van der Waals surface area contributed by atoms with Crippen LogP contribution in [0.25, 0.3) is 6.08 Å². The Bertz CT molecular complexity index is 821. The number of carbonyl (C=O) groups is 1. The Morgan fingerprint density at radius 3 is 2.46 bits per heavy atom. The molecule has 0 aromatic heterocycles. The highest BCUT2D eigenvalue weighted by Crippen LogP contribution is 2.27. The molecule has 2 N–H and O–H groups in total. The Kier molecular flexibility index (Phi) is 6.99. The molecule has 0 atom stereocenters. The summed E-state index contributed by atoms with van der Waals surface area (Å²) in [6, 6.07) is 12.6. The van der Waals surface area contributed by atoms with Crippen LogP contribution in [0.3, 0.4) is 0 Å². The Morgan fingerprint density at radius 1 is 1.00 bits per heavy atom. The van der Waals surface area contributed by atoms with Gasteiger partial charge in [-0.3, -0.25) is 10.1 Å². The first-order valence-corrected chi connectivity index (χ1v) is 8.12. The van der Waals surface area contributed by atoms with Gasteiger partial charge in [0, 0.05) is 17.8 Å². The monoisotopic (exact) mass is 372 g/mol. The number of hydrogen-bond donors (Lipinski definition) is 2. The number of methoxy groups -OCH3 is 3. The van der Waals surface area contributed by atoms with Crippen LogP contribution in [0.5, 0.6) is 17.2 Å². The smallest absolute Gasteiger partial charge is 0.250 e. The van der Waals surface area contributed by atoms with Crippen LogP contribution in [0.1, 0.15) is 5.56 Å². The molecule has 0 saturated heterocycles. The van der Waals surface area contributed by atoms with Crippen LogP contribution in [0, 0.1) is 0 Å². The van der Waals surface area contributed by atoms with Gasteiger partial charge in [-0.25, -0.2) is 0 Å². The van der Waals surface area contributed by atoms with Gasteiger partial charge in [-0.1, -0.05) is 12.1 Å². The van der Waals surface area contributed by atoms with Gasteiger partial charge in [-0.2, -0.15) is 0 Å². The summed E-state index contributed by atoms with van der Waals surface area (Å²) in [4.78, 5) is 12.0. The molecule has 136 valence electrons. The summed E-state index contributed by atoms with van der Waals surface area (Å²) in [6.07, 6.45) is 3.05. The van der Waals surface area contributed by atoms with Gasteiger partial charge in [-0.15, -0.1) is 0 Å². The van der Waals surface area contributed by atoms with Gasteiger partial charge in [0.1, 0.15) is 5.75 Å². The Balaban J connectivity index is 1.95. The van der Waals surface area contributed by atoms with E-state index in [2.05, 4.69) is 10.6 Å². The van der Waals surface area contributed by atoms with Crippen LogP contribution in [-0.2, 0) is 4.79 Å². The summed E-state index contributed by atoms with van der Waals surface area (Å²) in [5, 5.41) is 5.71. The molecular formula is C19H20N2O4S. The molecule has 2 aromatic rings. The minimum absolute atomic E-state index is 0.195. The van der Waals surface area contributed by atoms with Crippen molar-refractivity contribution in [3.63, 3.8) is 0 Å². The Morgan fingerprint density at radius 2 is 1.77 bits per heavy atom. The maximum Gasteiger partial charge on any atom is 0.250 e. The van der Waals surface area contributed by atoms with Crippen molar-refractivity contribution in [2.45, 2.75) is 0 Å². The molecule has 7 heteroatoms. The zero-order valence-corrected chi connectivity index (χ0v) is 15.6. The molecule has 1 amide bonds. The summed E-state index contributed by atoms with van der Waals surface area (Å²) >= 11 is 5.14. The van der Waals surface area contributed by atoms with Crippen LogP contribution in [0.2, 0.25) is 0 Å². The third-order valence-electron chi connectivity index (χ3n) is 3.40. The van der Waals surface area contributed by atoms with Crippen LogP contribution in [-0.4, -0.2) is 32.3 Å². The number of carbonyl (C=O) groups excluding carboxylic acids is 1. The van der Waals surface area contributed by atoms with Crippen molar-refractivity contribution in [1.29, 1.82) is 0 Å². The summed E-state index contributed by atoms with van der Waals surface area (Å²) < 4.78 is 15.6. The van der Waals surface area contributed by atoms with E-state index in [1.165, 1.54) is 6.08 Å². The van der Waals surface area contributed by atoms with Crippen molar-refractivity contribution in [3.05, 3.63) is 54.1 Å². The van der Waals surface area contributed by atoms with E-state index in [9.17, 15) is 4.79 Å². The second-order valence-electron chi connectivity index (χ2n) is 5.12. The maximum atomic E-state index is 12.0. The fourth-order valence-corrected chi connectivity index (χ4v) is 2.36. The van der Waals surface area contributed by atoms with E-state index in [1.807, 2.05) is 24.3 Å². The van der Waals surface area contributed by atoms with Gasteiger partial charge in [-0.05, 0) is 48.1 Å². The minimum Gasteiger partial charge on any atom is -0.497 e. The predicted octanol–water partition coefficient (Wildman–Crippen LogP) is 3.24. The third-order valence-corrected chi connectivity index (χ3v) is 3.60. The second kappa shape index (κ2) is 9.43. The standard InChI is InChI=1S/C19H20N2O4S/c1-23-15-6-4-5-14(12-15)20-19(26)21-18(22)10-8-13-7-9-16(24-2)17(11-13)25-3/h4-12H,1-3H3,(H2,20,21,22,26)/b10-8+. The Hall–Kier alpha value is -3.06. The van der Waals surface area contributed by atoms with Gasteiger partial charge in [0.2, 0.25) is 5.91 Å². The van der Waals surface area contributed by atoms with Gasteiger partial charge in [0.15, 0.2) is 16.6 Å². The van der Waals surface area contributed by atoms with Gasteiger partial charge in [0.05, 0.1) is 21.3 Å². The fraction of sp³-hybridized carbons (Fsp3) is 0.158. The van der Waals surface area contributed by atoms with Gasteiger partial charge < -0.3 is 19.5 Å². The van der Waals surface area contributed by atoms with E-state index in [0.29, 0.717) is 17.2 Å². The topological polar surface area (TPSA) is 68.8 Å². The molecule has 6 nitrogen and oxygen atoms in total. The second-order valence-corrected chi connectivity index (χ2v) is 5.53. The highest BCUT2D eigenvalue weighted by molar-refractivity contribution is 7.80. The maximum absolute atomic E-state index is 12.0. The third kappa shape index (κ3) is 5.49. The fourth-order valence-electron chi connectivity index (χ4n) is 2.15. The molecule has 0 bridgehead atoms. The number of ether oxygens (including phenoxy) is 3. The molecule has 0 fully saturated rings. The van der Waals surface area contributed by atoms with Crippen molar-refractivity contribution < 1.29 is 19.0 Å². The number of thiocarbonyl (C=S) groups is 1. The minimum atomic E-state index is -0.347. The zero-order valence-electron chi connectivity index (χ0n) is 14.7. The van der Waals surface area contributed by atoms with E-state index < -0.39 is 0 Å². The number of amides is 1. The number of anilines is 1. The van der Waals surface area contributed by atoms with Crippen LogP contribution in [0.4, 0.5) is 5.69 Å². The molecule has 0 aliphatic rings. The predicted molar refractivity (Wildman–Crippen MR) is 106 cm³/mol. The van der Waals surface area contributed by atoms with Crippen molar-refractivity contribution >= 4 is 35.0 Å². The molecule has 26 heavy (non-hydrogen) atoms. The lowest BCUT2D eigenvalue weighted by Gasteiger charge is -2.09. The normalized spacial score (nSPS) is 10.3. The summed E-state index contributed by atoms with van der Waals surface area (Å²) in [5.74, 6) is 1.56. The first-order valence-electron chi connectivity index (χ1n) is 7.72. The van der Waals surface area contributed by atoms with E-state index in [-0.39, 0.29) is 11.0 Å². The van der Waals surface area contributed by atoms with Crippen molar-refractivity contribution in [2.24, 2.45) is 0 Å². The lowest BCUT2D eigenvalue weighted by molar-refractivity contribution is -0.115. The first kappa shape index (κ1) is 19.3. The van der Waals surface area contributed by atoms with Crippen LogP contribution < -0.4 is 24.8 Å². The highest BCUT2D eigenvalue weighted by atomic mass is 32.1. The number of benzene rings is 2. The first-order chi connectivity index (χ1) is 12.5. The quantitative estimate of drug-likeness (QED) is 0.599. The van der Waals surface area contributed by atoms with Crippen molar-refractivity contribution in [2.75, 3.05) is 26.6 Å². The molecule has 0 aliphatic carbocycles. The van der Waals surface area contributed by atoms with Gasteiger partial charge >= 0.3 is 0 Å². The average molecular weight is 372 g/mol. The average Bonchev–Trinajstić information content (AvgIpc) is 2.66. The Labute approximate surface area is 157 Å². The molecule has 0 unspecified atom stereocenters. The van der Waals surface area contributed by atoms with Crippen LogP contribution in [0.15, 0.2) is 48.5 Å². The number of nitrogens with one attached hydrogen (secondary N) is 2. The summed E-state index contributed by atoms with van der Waals surface area (Å²) in [5.41, 5.74) is 1.52. The van der Waals surface area contributed by atoms with Crippen LogP contribution >= 0.6 is 12.2 Å². The summed E-state index contributed by atoms with van der Waals surface area (Å²) in [7, 11) is 4.70. The largest absolute Gasteiger partial charge is 0.497 e. The molecule has 0 saturated carbocycles.